The van der Waals surface area contributed by atoms with E-state index in [1.165, 1.54) is 0 Å². The Kier molecular flexibility index (Phi) is 4.95. The van der Waals surface area contributed by atoms with Crippen LogP contribution in [0.2, 0.25) is 0 Å². The second-order valence-electron chi connectivity index (χ2n) is 3.85. The first kappa shape index (κ1) is 12.4. The minimum atomic E-state index is -0.553. The van der Waals surface area contributed by atoms with Gasteiger partial charge in [0.25, 0.3) is 0 Å². The second-order valence-corrected chi connectivity index (χ2v) is 3.85. The summed E-state index contributed by atoms with van der Waals surface area (Å²) in [4.78, 5) is 11.5. The summed E-state index contributed by atoms with van der Waals surface area (Å²) in [7, 11) is 0. The summed E-state index contributed by atoms with van der Waals surface area (Å²) in [6, 6.07) is -0.154. The largest absolute Gasteiger partial charge is 0.394 e. The number of amides is 1. The summed E-state index contributed by atoms with van der Waals surface area (Å²) in [6.45, 7) is 5.76. The van der Waals surface area contributed by atoms with Crippen LogP contribution >= 0.6 is 0 Å². The number of aliphatic hydroxyl groups is 1. The average Bonchev–Trinajstić information content (AvgIpc) is 2.13. The number of rotatable bonds is 5. The first-order valence-electron chi connectivity index (χ1n) is 4.59. The second kappa shape index (κ2) is 5.19. The highest BCUT2D eigenvalue weighted by molar-refractivity contribution is 5.82. The molecule has 1 atom stereocenters. The molecule has 0 unspecified atom stereocenters. The highest BCUT2D eigenvalue weighted by Crippen LogP contribution is 2.12. The van der Waals surface area contributed by atoms with Crippen molar-refractivity contribution in [3.8, 4) is 0 Å². The lowest BCUT2D eigenvalue weighted by atomic mass is 9.92. The Bertz CT molecular complexity index is 165. The van der Waals surface area contributed by atoms with Crippen molar-refractivity contribution in [2.24, 2.45) is 11.1 Å². The van der Waals surface area contributed by atoms with E-state index in [0.29, 0.717) is 6.54 Å². The third-order valence-electron chi connectivity index (χ3n) is 2.17. The molecule has 4 nitrogen and oxygen atoms in total. The molecule has 0 aliphatic heterocycles. The Morgan fingerprint density at radius 3 is 2.46 bits per heavy atom. The molecule has 0 fully saturated rings. The van der Waals surface area contributed by atoms with Gasteiger partial charge in [0.1, 0.15) is 0 Å². The Balaban J connectivity index is 4.13. The summed E-state index contributed by atoms with van der Waals surface area (Å²) in [6.07, 6.45) is 0.725. The summed E-state index contributed by atoms with van der Waals surface area (Å²) in [5.41, 5.74) is 4.89. The average molecular weight is 188 g/mol. The van der Waals surface area contributed by atoms with Gasteiger partial charge in [-0.3, -0.25) is 4.79 Å². The van der Waals surface area contributed by atoms with E-state index in [-0.39, 0.29) is 18.6 Å². The summed E-state index contributed by atoms with van der Waals surface area (Å²) in [5, 5.41) is 11.6. The quantitative estimate of drug-likeness (QED) is 0.562. The minimum Gasteiger partial charge on any atom is -0.394 e. The first-order valence-corrected chi connectivity index (χ1v) is 4.59. The maximum absolute atomic E-state index is 11.5. The molecule has 0 heterocycles. The molecule has 0 aliphatic rings. The van der Waals surface area contributed by atoms with E-state index in [9.17, 15) is 4.79 Å². The van der Waals surface area contributed by atoms with Gasteiger partial charge in [-0.1, -0.05) is 6.92 Å². The van der Waals surface area contributed by atoms with Crippen molar-refractivity contribution in [3.05, 3.63) is 0 Å². The highest BCUT2D eigenvalue weighted by Gasteiger charge is 2.26. The van der Waals surface area contributed by atoms with Gasteiger partial charge in [-0.2, -0.15) is 0 Å². The van der Waals surface area contributed by atoms with Gasteiger partial charge < -0.3 is 16.2 Å². The molecular formula is C9H20N2O2. The fourth-order valence-corrected chi connectivity index (χ4v) is 0.750. The van der Waals surface area contributed by atoms with Crippen molar-refractivity contribution in [2.75, 3.05) is 13.2 Å². The van der Waals surface area contributed by atoms with Gasteiger partial charge in [0.15, 0.2) is 0 Å². The van der Waals surface area contributed by atoms with Crippen molar-refractivity contribution >= 4 is 5.91 Å². The molecule has 0 aliphatic carbocycles. The number of hydrogen-bond acceptors (Lipinski definition) is 3. The molecule has 0 aromatic heterocycles. The van der Waals surface area contributed by atoms with Crippen LogP contribution in [0.1, 0.15) is 27.2 Å². The van der Waals surface area contributed by atoms with Crippen molar-refractivity contribution in [2.45, 2.75) is 33.2 Å². The van der Waals surface area contributed by atoms with E-state index < -0.39 is 5.41 Å². The molecule has 0 aromatic carbocycles. The molecule has 1 amide bonds. The van der Waals surface area contributed by atoms with Crippen LogP contribution in [-0.4, -0.2) is 30.2 Å². The number of carbonyl (C=O) groups excluding carboxylic acids is 1. The number of carbonyl (C=O) groups is 1. The fraction of sp³-hybridized carbons (Fsp3) is 0.889. The van der Waals surface area contributed by atoms with Gasteiger partial charge in [-0.25, -0.2) is 0 Å². The lowest BCUT2D eigenvalue weighted by Crippen LogP contribution is -2.47. The van der Waals surface area contributed by atoms with E-state index in [0.717, 1.165) is 6.42 Å². The molecule has 78 valence electrons. The lowest BCUT2D eigenvalue weighted by molar-refractivity contribution is -0.129. The van der Waals surface area contributed by atoms with E-state index in [2.05, 4.69) is 5.32 Å². The normalized spacial score (nSPS) is 13.9. The Morgan fingerprint density at radius 1 is 1.62 bits per heavy atom. The van der Waals surface area contributed by atoms with Gasteiger partial charge in [-0.15, -0.1) is 0 Å². The minimum absolute atomic E-state index is 0.0249. The third kappa shape index (κ3) is 3.74. The third-order valence-corrected chi connectivity index (χ3v) is 2.17. The topological polar surface area (TPSA) is 75.3 Å². The van der Waals surface area contributed by atoms with Gasteiger partial charge in [0.2, 0.25) is 5.91 Å². The lowest BCUT2D eigenvalue weighted by Gasteiger charge is -2.24. The van der Waals surface area contributed by atoms with Crippen LogP contribution in [0.5, 0.6) is 0 Å². The molecule has 0 aromatic rings. The van der Waals surface area contributed by atoms with Crippen LogP contribution in [0.15, 0.2) is 0 Å². The monoisotopic (exact) mass is 188 g/mol. The number of nitrogens with one attached hydrogen (secondary N) is 1. The highest BCUT2D eigenvalue weighted by atomic mass is 16.3. The standard InChI is InChI=1S/C9H20N2O2/c1-4-7(5-12)11-8(13)9(2,3)6-10/h7,12H,4-6,10H2,1-3H3,(H,11,13)/t7-/m0/s1. The molecular weight excluding hydrogens is 168 g/mol. The predicted molar refractivity (Wildman–Crippen MR) is 52.1 cm³/mol. The van der Waals surface area contributed by atoms with Crippen LogP contribution in [-0.2, 0) is 4.79 Å². The molecule has 13 heavy (non-hydrogen) atoms. The molecule has 0 bridgehead atoms. The Hall–Kier alpha value is -0.610. The maximum Gasteiger partial charge on any atom is 0.227 e. The van der Waals surface area contributed by atoms with Crippen LogP contribution in [0.25, 0.3) is 0 Å². The summed E-state index contributed by atoms with van der Waals surface area (Å²) >= 11 is 0. The maximum atomic E-state index is 11.5. The smallest absolute Gasteiger partial charge is 0.227 e. The number of hydrogen-bond donors (Lipinski definition) is 3. The molecule has 0 saturated heterocycles. The molecule has 0 saturated carbocycles. The van der Waals surface area contributed by atoms with E-state index in [1.54, 1.807) is 13.8 Å². The Labute approximate surface area is 79.5 Å². The first-order chi connectivity index (χ1) is 5.97. The zero-order valence-corrected chi connectivity index (χ0v) is 8.63. The van der Waals surface area contributed by atoms with Crippen LogP contribution in [0.3, 0.4) is 0 Å². The molecule has 4 N–H and O–H groups in total. The SMILES string of the molecule is CC[C@@H](CO)NC(=O)C(C)(C)CN. The van der Waals surface area contributed by atoms with E-state index in [1.807, 2.05) is 6.92 Å². The van der Waals surface area contributed by atoms with E-state index in [4.69, 9.17) is 10.8 Å². The van der Waals surface area contributed by atoms with Gasteiger partial charge in [0.05, 0.1) is 18.1 Å². The fourth-order valence-electron chi connectivity index (χ4n) is 0.750. The van der Waals surface area contributed by atoms with Crippen molar-refractivity contribution in [1.82, 2.24) is 5.32 Å². The molecule has 0 rings (SSSR count). The van der Waals surface area contributed by atoms with Gasteiger partial charge in [0, 0.05) is 6.54 Å². The summed E-state index contributed by atoms with van der Waals surface area (Å²) < 4.78 is 0. The van der Waals surface area contributed by atoms with E-state index >= 15 is 0 Å². The number of nitrogens with two attached hydrogens (primary N) is 1. The van der Waals surface area contributed by atoms with Crippen molar-refractivity contribution < 1.29 is 9.90 Å². The Morgan fingerprint density at radius 2 is 2.15 bits per heavy atom. The zero-order chi connectivity index (χ0) is 10.5. The van der Waals surface area contributed by atoms with Crippen LogP contribution in [0, 0.1) is 5.41 Å². The van der Waals surface area contributed by atoms with Crippen molar-refractivity contribution in [1.29, 1.82) is 0 Å². The zero-order valence-electron chi connectivity index (χ0n) is 8.63. The van der Waals surface area contributed by atoms with Crippen molar-refractivity contribution in [3.63, 3.8) is 0 Å². The van der Waals surface area contributed by atoms with Gasteiger partial charge >= 0.3 is 0 Å². The summed E-state index contributed by atoms with van der Waals surface area (Å²) in [5.74, 6) is -0.101. The molecule has 0 spiro atoms. The van der Waals surface area contributed by atoms with Crippen LogP contribution < -0.4 is 11.1 Å². The molecule has 0 radical (unpaired) electrons. The van der Waals surface area contributed by atoms with Gasteiger partial charge in [-0.05, 0) is 20.3 Å². The predicted octanol–water partition coefficient (Wildman–Crippen LogP) is -0.142. The van der Waals surface area contributed by atoms with Crippen LogP contribution in [0.4, 0.5) is 0 Å². The molecule has 4 heteroatoms. The number of aliphatic hydroxyl groups excluding tert-OH is 1.